The molecule has 0 rings (SSSR count). The number of halogens is 1. The Bertz CT molecular complexity index is 166. The summed E-state index contributed by atoms with van der Waals surface area (Å²) in [6, 6.07) is 0. The highest BCUT2D eigenvalue weighted by atomic mass is 32.3. The molecule has 0 unspecified atom stereocenters. The second kappa shape index (κ2) is 4.62. The summed E-state index contributed by atoms with van der Waals surface area (Å²) in [5.41, 5.74) is 5.14. The van der Waals surface area contributed by atoms with E-state index in [2.05, 4.69) is 0 Å². The van der Waals surface area contributed by atoms with E-state index in [9.17, 15) is 12.3 Å². The molecule has 5 heteroatoms. The van der Waals surface area contributed by atoms with Gasteiger partial charge in [0.25, 0.3) is 0 Å². The first-order chi connectivity index (χ1) is 4.56. The predicted molar refractivity (Wildman–Crippen MR) is 37.8 cm³/mol. The summed E-state index contributed by atoms with van der Waals surface area (Å²) < 4.78 is 31.6. The van der Waals surface area contributed by atoms with Crippen LogP contribution in [0.25, 0.3) is 0 Å². The number of nitrogens with two attached hydrogens (primary N) is 1. The highest BCUT2D eigenvalue weighted by molar-refractivity contribution is 7.86. The van der Waals surface area contributed by atoms with Gasteiger partial charge in [-0.05, 0) is 19.4 Å². The highest BCUT2D eigenvalue weighted by Crippen LogP contribution is 1.99. The number of rotatable bonds is 5. The van der Waals surface area contributed by atoms with E-state index in [1.807, 2.05) is 0 Å². The molecular weight excluding hydrogens is 157 g/mol. The number of unbranched alkanes of at least 4 members (excludes halogenated alkanes) is 2. The maximum absolute atomic E-state index is 11.8. The van der Waals surface area contributed by atoms with Crippen LogP contribution in [0.2, 0.25) is 0 Å². The summed E-state index contributed by atoms with van der Waals surface area (Å²) in [4.78, 5) is 0. The summed E-state index contributed by atoms with van der Waals surface area (Å²) in [6.45, 7) is 0.534. The molecule has 0 bridgehead atoms. The minimum absolute atomic E-state index is 0.368. The monoisotopic (exact) mass is 169 g/mol. The quantitative estimate of drug-likeness (QED) is 0.479. The van der Waals surface area contributed by atoms with Gasteiger partial charge in [-0.3, -0.25) is 0 Å². The van der Waals surface area contributed by atoms with E-state index < -0.39 is 10.2 Å². The maximum Gasteiger partial charge on any atom is 0.302 e. The van der Waals surface area contributed by atoms with Crippen molar-refractivity contribution in [2.24, 2.45) is 5.73 Å². The van der Waals surface area contributed by atoms with Crippen LogP contribution in [0.5, 0.6) is 0 Å². The van der Waals surface area contributed by atoms with E-state index in [0.29, 0.717) is 19.4 Å². The minimum atomic E-state index is -4.25. The van der Waals surface area contributed by atoms with Crippen molar-refractivity contribution < 1.29 is 12.3 Å². The Morgan fingerprint density at radius 1 is 1.20 bits per heavy atom. The summed E-state index contributed by atoms with van der Waals surface area (Å²) in [5, 5.41) is 0. The molecule has 0 fully saturated rings. The van der Waals surface area contributed by atoms with Crippen molar-refractivity contribution in [3.8, 4) is 0 Å². The molecule has 0 saturated carbocycles. The van der Waals surface area contributed by atoms with Gasteiger partial charge in [0.15, 0.2) is 0 Å². The third-order valence-corrected chi connectivity index (χ3v) is 1.87. The summed E-state index contributed by atoms with van der Waals surface area (Å²) >= 11 is 0. The van der Waals surface area contributed by atoms with Gasteiger partial charge in [0.2, 0.25) is 0 Å². The van der Waals surface area contributed by atoms with Gasteiger partial charge in [-0.1, -0.05) is 6.42 Å². The van der Waals surface area contributed by atoms with E-state index in [-0.39, 0.29) is 5.75 Å². The molecule has 62 valence electrons. The van der Waals surface area contributed by atoms with Crippen LogP contribution in [0.3, 0.4) is 0 Å². The normalized spacial score (nSPS) is 11.8. The van der Waals surface area contributed by atoms with Crippen LogP contribution < -0.4 is 5.73 Å². The molecule has 0 aromatic rings. The summed E-state index contributed by atoms with van der Waals surface area (Å²) in [5.74, 6) is -0.368. The third kappa shape index (κ3) is 7.84. The molecule has 0 radical (unpaired) electrons. The van der Waals surface area contributed by atoms with Crippen LogP contribution in [0.15, 0.2) is 0 Å². The molecule has 0 heterocycles. The van der Waals surface area contributed by atoms with Gasteiger partial charge in [-0.2, -0.15) is 8.42 Å². The molecule has 0 aliphatic rings. The van der Waals surface area contributed by atoms with Crippen LogP contribution in [-0.4, -0.2) is 20.7 Å². The molecule has 0 saturated heterocycles. The van der Waals surface area contributed by atoms with Crippen LogP contribution in [0.4, 0.5) is 3.89 Å². The fourth-order valence-corrected chi connectivity index (χ4v) is 1.14. The van der Waals surface area contributed by atoms with Crippen molar-refractivity contribution in [2.45, 2.75) is 19.3 Å². The molecule has 0 spiro atoms. The topological polar surface area (TPSA) is 60.2 Å². The van der Waals surface area contributed by atoms with Gasteiger partial charge in [0, 0.05) is 0 Å². The zero-order valence-electron chi connectivity index (χ0n) is 5.72. The van der Waals surface area contributed by atoms with Crippen molar-refractivity contribution in [3.63, 3.8) is 0 Å². The molecule has 2 N–H and O–H groups in total. The highest BCUT2D eigenvalue weighted by Gasteiger charge is 2.04. The zero-order valence-corrected chi connectivity index (χ0v) is 6.53. The van der Waals surface area contributed by atoms with Crippen molar-refractivity contribution in [2.75, 3.05) is 12.3 Å². The van der Waals surface area contributed by atoms with Crippen molar-refractivity contribution >= 4 is 10.2 Å². The molecule has 0 aromatic heterocycles. The Balaban J connectivity index is 3.21. The van der Waals surface area contributed by atoms with E-state index in [0.717, 1.165) is 6.42 Å². The Labute approximate surface area is 60.6 Å². The first-order valence-electron chi connectivity index (χ1n) is 3.18. The Morgan fingerprint density at radius 3 is 2.20 bits per heavy atom. The van der Waals surface area contributed by atoms with Crippen LogP contribution in [0.1, 0.15) is 19.3 Å². The lowest BCUT2D eigenvalue weighted by atomic mass is 10.2. The molecule has 3 nitrogen and oxygen atoms in total. The summed E-state index contributed by atoms with van der Waals surface area (Å²) in [7, 11) is -4.25. The smallest absolute Gasteiger partial charge is 0.302 e. The predicted octanol–water partition coefficient (Wildman–Crippen LogP) is 0.415. The number of hydrogen-bond donors (Lipinski definition) is 1. The van der Waals surface area contributed by atoms with Gasteiger partial charge in [0.1, 0.15) is 0 Å². The molecule has 0 amide bonds. The first-order valence-corrected chi connectivity index (χ1v) is 4.74. The van der Waals surface area contributed by atoms with E-state index >= 15 is 0 Å². The molecule has 10 heavy (non-hydrogen) atoms. The number of hydrogen-bond acceptors (Lipinski definition) is 3. The van der Waals surface area contributed by atoms with Gasteiger partial charge in [-0.15, -0.1) is 3.89 Å². The minimum Gasteiger partial charge on any atom is -0.330 e. The fourth-order valence-electron chi connectivity index (χ4n) is 0.596. The lowest BCUT2D eigenvalue weighted by molar-refractivity contribution is 0.546. The van der Waals surface area contributed by atoms with Crippen molar-refractivity contribution in [1.29, 1.82) is 0 Å². The Hall–Kier alpha value is -0.160. The van der Waals surface area contributed by atoms with Crippen LogP contribution in [0, 0.1) is 0 Å². The third-order valence-electron chi connectivity index (χ3n) is 1.09. The Kier molecular flexibility index (Phi) is 4.55. The van der Waals surface area contributed by atoms with E-state index in [1.165, 1.54) is 0 Å². The Morgan fingerprint density at radius 2 is 1.80 bits per heavy atom. The molecule has 0 aliphatic carbocycles. The molecule has 0 atom stereocenters. The van der Waals surface area contributed by atoms with Gasteiger partial charge < -0.3 is 5.73 Å². The molecule has 0 aliphatic heterocycles. The van der Waals surface area contributed by atoms with Crippen molar-refractivity contribution in [3.05, 3.63) is 0 Å². The lowest BCUT2D eigenvalue weighted by Gasteiger charge is -1.93. The lowest BCUT2D eigenvalue weighted by Crippen LogP contribution is -2.01. The largest absolute Gasteiger partial charge is 0.330 e. The first kappa shape index (κ1) is 9.84. The van der Waals surface area contributed by atoms with E-state index in [4.69, 9.17) is 5.73 Å². The summed E-state index contributed by atoms with van der Waals surface area (Å²) in [6.07, 6.45) is 1.81. The average Bonchev–Trinajstić information content (AvgIpc) is 1.78. The molecule has 0 aromatic carbocycles. The second-order valence-corrected chi connectivity index (χ2v) is 3.58. The molecular formula is C5H12FNO2S. The zero-order chi connectivity index (χ0) is 8.04. The fraction of sp³-hybridized carbons (Fsp3) is 1.00. The van der Waals surface area contributed by atoms with E-state index in [1.54, 1.807) is 0 Å². The standard InChI is InChI=1S/C5H12FNO2S/c6-10(8,9)5-3-1-2-4-7/h1-5,7H2. The van der Waals surface area contributed by atoms with Crippen LogP contribution >= 0.6 is 0 Å². The van der Waals surface area contributed by atoms with Gasteiger partial charge >= 0.3 is 10.2 Å². The van der Waals surface area contributed by atoms with Crippen LogP contribution in [-0.2, 0) is 10.2 Å². The average molecular weight is 169 g/mol. The SMILES string of the molecule is NCCCCCS(=O)(=O)F. The maximum atomic E-state index is 11.8. The van der Waals surface area contributed by atoms with Crippen molar-refractivity contribution in [1.82, 2.24) is 0 Å². The van der Waals surface area contributed by atoms with Gasteiger partial charge in [0.05, 0.1) is 5.75 Å². The van der Waals surface area contributed by atoms with Gasteiger partial charge in [-0.25, -0.2) is 0 Å². The second-order valence-electron chi connectivity index (χ2n) is 2.09.